The number of hydrogen-bond donors (Lipinski definition) is 1. The molecule has 6 nitrogen and oxygen atoms in total. The van der Waals surface area contributed by atoms with Crippen molar-refractivity contribution in [2.45, 2.75) is 0 Å². The van der Waals surface area contributed by atoms with Crippen LogP contribution in [0.1, 0.15) is 10.4 Å². The molecule has 1 N–H and O–H groups in total. The summed E-state index contributed by atoms with van der Waals surface area (Å²) < 4.78 is 10.9. The number of para-hydroxylation sites is 3. The molecule has 1 aromatic heterocycles. The van der Waals surface area contributed by atoms with E-state index < -0.39 is 0 Å². The molecule has 0 spiro atoms. The molecule has 3 aromatic carbocycles. The highest BCUT2D eigenvalue weighted by Crippen LogP contribution is 2.25. The van der Waals surface area contributed by atoms with Gasteiger partial charge in [0.1, 0.15) is 11.5 Å². The van der Waals surface area contributed by atoms with E-state index in [4.69, 9.17) is 9.47 Å². The Morgan fingerprint density at radius 2 is 1.47 bits per heavy atom. The molecule has 6 heteroatoms. The normalized spacial score (nSPS) is 10.3. The fourth-order valence-corrected chi connectivity index (χ4v) is 2.87. The lowest BCUT2D eigenvalue weighted by Gasteiger charge is -2.10. The molecule has 4 aromatic rings. The van der Waals surface area contributed by atoms with Gasteiger partial charge in [-0.15, -0.1) is 0 Å². The first-order valence-corrected chi connectivity index (χ1v) is 9.33. The van der Waals surface area contributed by atoms with E-state index >= 15 is 0 Å². The third kappa shape index (κ3) is 4.44. The van der Waals surface area contributed by atoms with Crippen molar-refractivity contribution >= 4 is 11.6 Å². The van der Waals surface area contributed by atoms with E-state index in [-0.39, 0.29) is 11.9 Å². The zero-order valence-electron chi connectivity index (χ0n) is 16.3. The van der Waals surface area contributed by atoms with Crippen LogP contribution in [0.4, 0.5) is 5.69 Å². The number of methoxy groups -OCH3 is 1. The summed E-state index contributed by atoms with van der Waals surface area (Å²) in [4.78, 5) is 21.1. The third-order valence-electron chi connectivity index (χ3n) is 4.42. The predicted molar refractivity (Wildman–Crippen MR) is 115 cm³/mol. The first-order chi connectivity index (χ1) is 14.7. The van der Waals surface area contributed by atoms with E-state index in [0.29, 0.717) is 22.7 Å². The summed E-state index contributed by atoms with van der Waals surface area (Å²) in [5.74, 6) is 1.07. The number of ether oxygens (including phenoxy) is 2. The van der Waals surface area contributed by atoms with E-state index in [1.54, 1.807) is 43.8 Å². The number of anilines is 1. The van der Waals surface area contributed by atoms with Crippen molar-refractivity contribution in [2.75, 3.05) is 12.4 Å². The Labute approximate surface area is 174 Å². The third-order valence-corrected chi connectivity index (χ3v) is 4.42. The van der Waals surface area contributed by atoms with Crippen LogP contribution in [-0.4, -0.2) is 23.0 Å². The molecule has 1 amide bonds. The smallest absolute Gasteiger partial charge is 0.321 e. The molecule has 0 saturated heterocycles. The van der Waals surface area contributed by atoms with Crippen molar-refractivity contribution in [1.29, 1.82) is 0 Å². The lowest BCUT2D eigenvalue weighted by molar-refractivity contribution is 0.102. The standard InChI is InChI=1S/C24H19N3O3/c1-29-22-10-6-5-9-21(22)27-23(28)18-13-11-17(12-14-18)19-15-25-24(26-16-19)30-20-7-3-2-4-8-20/h2-16H,1H3,(H,27,28). The van der Waals surface area contributed by atoms with E-state index in [1.165, 1.54) is 0 Å². The highest BCUT2D eigenvalue weighted by atomic mass is 16.5. The predicted octanol–water partition coefficient (Wildman–Crippen LogP) is 5.20. The van der Waals surface area contributed by atoms with Crippen molar-refractivity contribution < 1.29 is 14.3 Å². The van der Waals surface area contributed by atoms with Crippen LogP contribution in [0.25, 0.3) is 11.1 Å². The number of amides is 1. The zero-order valence-corrected chi connectivity index (χ0v) is 16.3. The summed E-state index contributed by atoms with van der Waals surface area (Å²) in [5.41, 5.74) is 2.88. The Morgan fingerprint density at radius 3 is 2.17 bits per heavy atom. The van der Waals surface area contributed by atoms with Crippen LogP contribution in [0, 0.1) is 0 Å². The van der Waals surface area contributed by atoms with Crippen LogP contribution in [0.15, 0.2) is 91.3 Å². The number of carbonyl (C=O) groups excluding carboxylic acids is 1. The van der Waals surface area contributed by atoms with Gasteiger partial charge in [-0.3, -0.25) is 4.79 Å². The average molecular weight is 397 g/mol. The van der Waals surface area contributed by atoms with Crippen molar-refractivity contribution in [3.8, 4) is 28.6 Å². The van der Waals surface area contributed by atoms with E-state index in [9.17, 15) is 4.79 Å². The fraction of sp³-hybridized carbons (Fsp3) is 0.0417. The second kappa shape index (κ2) is 8.87. The Balaban J connectivity index is 1.44. The summed E-state index contributed by atoms with van der Waals surface area (Å²) in [6.07, 6.45) is 3.38. The summed E-state index contributed by atoms with van der Waals surface area (Å²) >= 11 is 0. The molecule has 0 atom stereocenters. The molecule has 0 unspecified atom stereocenters. The molecular formula is C24H19N3O3. The van der Waals surface area contributed by atoms with Gasteiger partial charge in [-0.25, -0.2) is 9.97 Å². The molecule has 0 aliphatic carbocycles. The zero-order chi connectivity index (χ0) is 20.8. The van der Waals surface area contributed by atoms with Crippen molar-refractivity contribution in [2.24, 2.45) is 0 Å². The minimum absolute atomic E-state index is 0.214. The van der Waals surface area contributed by atoms with Crippen LogP contribution < -0.4 is 14.8 Å². The number of carbonyl (C=O) groups is 1. The van der Waals surface area contributed by atoms with Gasteiger partial charge in [0, 0.05) is 23.5 Å². The SMILES string of the molecule is COc1ccccc1NC(=O)c1ccc(-c2cnc(Oc3ccccc3)nc2)cc1. The minimum Gasteiger partial charge on any atom is -0.495 e. The van der Waals surface area contributed by atoms with Crippen LogP contribution >= 0.6 is 0 Å². The summed E-state index contributed by atoms with van der Waals surface area (Å²) in [7, 11) is 1.57. The molecule has 30 heavy (non-hydrogen) atoms. The Morgan fingerprint density at radius 1 is 0.800 bits per heavy atom. The highest BCUT2D eigenvalue weighted by Gasteiger charge is 2.10. The Kier molecular flexibility index (Phi) is 5.66. The van der Waals surface area contributed by atoms with Crippen LogP contribution in [0.3, 0.4) is 0 Å². The summed E-state index contributed by atoms with van der Waals surface area (Å²) in [5, 5.41) is 2.86. The molecule has 0 fully saturated rings. The van der Waals surface area contributed by atoms with Gasteiger partial charge in [0.15, 0.2) is 0 Å². The molecule has 0 bridgehead atoms. The van der Waals surface area contributed by atoms with Crippen molar-refractivity contribution in [3.05, 3.63) is 96.8 Å². The second-order valence-corrected chi connectivity index (χ2v) is 6.40. The maximum atomic E-state index is 12.5. The van der Waals surface area contributed by atoms with Gasteiger partial charge in [-0.05, 0) is 42.0 Å². The summed E-state index contributed by atoms with van der Waals surface area (Å²) in [6.45, 7) is 0. The first-order valence-electron chi connectivity index (χ1n) is 9.33. The quantitative estimate of drug-likeness (QED) is 0.484. The number of benzene rings is 3. The lowest BCUT2D eigenvalue weighted by Crippen LogP contribution is -2.12. The monoisotopic (exact) mass is 397 g/mol. The van der Waals surface area contributed by atoms with E-state index in [0.717, 1.165) is 11.1 Å². The first kappa shape index (κ1) is 19.1. The van der Waals surface area contributed by atoms with Gasteiger partial charge in [-0.2, -0.15) is 0 Å². The van der Waals surface area contributed by atoms with Crippen LogP contribution in [0.5, 0.6) is 17.5 Å². The maximum Gasteiger partial charge on any atom is 0.321 e. The topological polar surface area (TPSA) is 73.3 Å². The van der Waals surface area contributed by atoms with Crippen LogP contribution in [0.2, 0.25) is 0 Å². The van der Waals surface area contributed by atoms with E-state index in [1.807, 2.05) is 54.6 Å². The Bertz CT molecular complexity index is 1130. The number of nitrogens with zero attached hydrogens (tertiary/aromatic N) is 2. The molecule has 0 radical (unpaired) electrons. The van der Waals surface area contributed by atoms with Gasteiger partial charge in [0.25, 0.3) is 5.91 Å². The Hall–Kier alpha value is -4.19. The molecule has 0 saturated carbocycles. The molecule has 0 aliphatic heterocycles. The molecule has 4 rings (SSSR count). The number of rotatable bonds is 6. The second-order valence-electron chi connectivity index (χ2n) is 6.40. The van der Waals surface area contributed by atoms with Crippen molar-refractivity contribution in [3.63, 3.8) is 0 Å². The minimum atomic E-state index is -0.214. The van der Waals surface area contributed by atoms with Gasteiger partial charge in [0.2, 0.25) is 0 Å². The number of nitrogens with one attached hydrogen (secondary N) is 1. The van der Waals surface area contributed by atoms with Gasteiger partial charge < -0.3 is 14.8 Å². The van der Waals surface area contributed by atoms with Crippen molar-refractivity contribution in [1.82, 2.24) is 9.97 Å². The molecule has 0 aliphatic rings. The van der Waals surface area contributed by atoms with Crippen LogP contribution in [-0.2, 0) is 0 Å². The fourth-order valence-electron chi connectivity index (χ4n) is 2.87. The number of aromatic nitrogens is 2. The molecular weight excluding hydrogens is 378 g/mol. The molecule has 148 valence electrons. The van der Waals surface area contributed by atoms with Gasteiger partial charge in [-0.1, -0.05) is 42.5 Å². The average Bonchev–Trinajstić information content (AvgIpc) is 2.81. The maximum absolute atomic E-state index is 12.5. The van der Waals surface area contributed by atoms with E-state index in [2.05, 4.69) is 15.3 Å². The lowest BCUT2D eigenvalue weighted by atomic mass is 10.1. The highest BCUT2D eigenvalue weighted by molar-refractivity contribution is 6.05. The van der Waals surface area contributed by atoms with Gasteiger partial charge >= 0.3 is 6.01 Å². The summed E-state index contributed by atoms with van der Waals surface area (Å²) in [6, 6.07) is 24.1. The number of hydrogen-bond acceptors (Lipinski definition) is 5. The molecule has 1 heterocycles. The largest absolute Gasteiger partial charge is 0.495 e. The van der Waals surface area contributed by atoms with Gasteiger partial charge in [0.05, 0.1) is 12.8 Å².